The Balaban J connectivity index is 1.69. The van der Waals surface area contributed by atoms with Crippen molar-refractivity contribution in [1.82, 2.24) is 5.32 Å². The van der Waals surface area contributed by atoms with Gasteiger partial charge in [0.05, 0.1) is 12.8 Å². The molecule has 0 spiro atoms. The third-order valence-electron chi connectivity index (χ3n) is 5.53. The van der Waals surface area contributed by atoms with Crippen LogP contribution in [0.1, 0.15) is 16.7 Å². The fourth-order valence-electron chi connectivity index (χ4n) is 3.77. The molecule has 1 N–H and O–H groups in total. The number of nitrogens with zero attached hydrogens (tertiary/aromatic N) is 1. The Hall–Kier alpha value is -4.01. The molecule has 0 saturated carbocycles. The number of amides is 2. The zero-order valence-corrected chi connectivity index (χ0v) is 21.4. The second-order valence-corrected chi connectivity index (χ2v) is 8.88. The number of thiocarbonyl (C=S) groups is 1. The Morgan fingerprint density at radius 1 is 1.11 bits per heavy atom. The first-order chi connectivity index (χ1) is 17.8. The molecule has 6 nitrogen and oxygen atoms in total. The molecule has 2 amide bonds. The second kappa shape index (κ2) is 11.4. The molecule has 1 aliphatic heterocycles. The average molecular weight is 537 g/mol. The van der Waals surface area contributed by atoms with Gasteiger partial charge >= 0.3 is 0 Å². The fourth-order valence-corrected chi connectivity index (χ4v) is 4.18. The molecule has 9 heteroatoms. The maximum absolute atomic E-state index is 13.4. The summed E-state index contributed by atoms with van der Waals surface area (Å²) in [5, 5.41) is 3.06. The van der Waals surface area contributed by atoms with E-state index in [1.807, 2.05) is 12.1 Å². The molecule has 0 bridgehead atoms. The van der Waals surface area contributed by atoms with E-state index in [1.165, 1.54) is 37.5 Å². The predicted octanol–water partition coefficient (Wildman–Crippen LogP) is 5.63. The van der Waals surface area contributed by atoms with Crippen molar-refractivity contribution in [2.75, 3.05) is 12.0 Å². The van der Waals surface area contributed by atoms with Crippen LogP contribution in [0.2, 0.25) is 5.02 Å². The van der Waals surface area contributed by atoms with Crippen LogP contribution >= 0.6 is 23.8 Å². The van der Waals surface area contributed by atoms with Crippen molar-refractivity contribution in [2.45, 2.75) is 13.0 Å². The molecule has 3 aromatic carbocycles. The lowest BCUT2D eigenvalue weighted by Gasteiger charge is -2.29. The molecular formula is C28H22ClFN2O4S. The van der Waals surface area contributed by atoms with Crippen molar-refractivity contribution in [3.05, 3.63) is 106 Å². The molecule has 37 heavy (non-hydrogen) atoms. The topological polar surface area (TPSA) is 67.9 Å². The summed E-state index contributed by atoms with van der Waals surface area (Å²) < 4.78 is 25.1. The summed E-state index contributed by atoms with van der Waals surface area (Å²) >= 11 is 11.2. The molecule has 4 rings (SSSR count). The van der Waals surface area contributed by atoms with Crippen LogP contribution in [0.25, 0.3) is 6.08 Å². The smallest absolute Gasteiger partial charge is 0.270 e. The lowest BCUT2D eigenvalue weighted by molar-refractivity contribution is -0.122. The van der Waals surface area contributed by atoms with Crippen LogP contribution in [0, 0.1) is 5.82 Å². The molecule has 0 unspecified atom stereocenters. The van der Waals surface area contributed by atoms with Gasteiger partial charge in [0.2, 0.25) is 0 Å². The number of methoxy groups -OCH3 is 1. The van der Waals surface area contributed by atoms with E-state index in [-0.39, 0.29) is 17.3 Å². The van der Waals surface area contributed by atoms with Gasteiger partial charge in [-0.15, -0.1) is 6.58 Å². The minimum atomic E-state index is -0.638. The van der Waals surface area contributed by atoms with Crippen LogP contribution in [0.15, 0.2) is 78.9 Å². The van der Waals surface area contributed by atoms with Crippen LogP contribution < -0.4 is 19.7 Å². The predicted molar refractivity (Wildman–Crippen MR) is 145 cm³/mol. The Labute approximate surface area is 223 Å². The molecule has 1 saturated heterocycles. The summed E-state index contributed by atoms with van der Waals surface area (Å²) in [7, 11) is 1.51. The molecule has 0 atom stereocenters. The molecule has 1 fully saturated rings. The van der Waals surface area contributed by atoms with Crippen LogP contribution in [0.5, 0.6) is 11.5 Å². The number of benzene rings is 3. The molecule has 0 aromatic heterocycles. The number of hydrogen-bond acceptors (Lipinski definition) is 5. The first-order valence-electron chi connectivity index (χ1n) is 11.2. The molecule has 1 heterocycles. The number of halogens is 2. The van der Waals surface area contributed by atoms with E-state index in [0.29, 0.717) is 34.2 Å². The van der Waals surface area contributed by atoms with Crippen LogP contribution in [-0.2, 0) is 22.6 Å². The molecular weight excluding hydrogens is 515 g/mol. The summed E-state index contributed by atoms with van der Waals surface area (Å²) in [4.78, 5) is 27.1. The quantitative estimate of drug-likeness (QED) is 0.175. The average Bonchev–Trinajstić information content (AvgIpc) is 2.88. The van der Waals surface area contributed by atoms with E-state index >= 15 is 0 Å². The highest BCUT2D eigenvalue weighted by atomic mass is 35.5. The van der Waals surface area contributed by atoms with Crippen LogP contribution in [0.3, 0.4) is 0 Å². The number of anilines is 1. The van der Waals surface area contributed by atoms with Crippen molar-refractivity contribution < 1.29 is 23.5 Å². The molecule has 0 aliphatic carbocycles. The summed E-state index contributed by atoms with van der Waals surface area (Å²) in [5.74, 6) is -0.782. The largest absolute Gasteiger partial charge is 0.493 e. The number of carbonyl (C=O) groups excluding carboxylic acids is 2. The van der Waals surface area contributed by atoms with Gasteiger partial charge in [0.1, 0.15) is 18.0 Å². The number of ether oxygens (including phenoxy) is 2. The first kappa shape index (κ1) is 26.1. The highest BCUT2D eigenvalue weighted by Gasteiger charge is 2.34. The first-order valence-corrected chi connectivity index (χ1v) is 12.0. The van der Waals surface area contributed by atoms with Gasteiger partial charge < -0.3 is 9.47 Å². The van der Waals surface area contributed by atoms with Gasteiger partial charge in [-0.1, -0.05) is 29.8 Å². The minimum Gasteiger partial charge on any atom is -0.493 e. The molecule has 188 valence electrons. The van der Waals surface area contributed by atoms with Gasteiger partial charge in [-0.2, -0.15) is 0 Å². The molecule has 3 aromatic rings. The van der Waals surface area contributed by atoms with E-state index in [1.54, 1.807) is 30.3 Å². The Kier molecular flexibility index (Phi) is 8.01. The Morgan fingerprint density at radius 2 is 1.81 bits per heavy atom. The monoisotopic (exact) mass is 536 g/mol. The third kappa shape index (κ3) is 5.87. The summed E-state index contributed by atoms with van der Waals surface area (Å²) in [6.45, 7) is 4.10. The molecule has 1 aliphatic rings. The van der Waals surface area contributed by atoms with Crippen LogP contribution in [0.4, 0.5) is 10.1 Å². The number of rotatable bonds is 8. The number of carbonyl (C=O) groups is 2. The van der Waals surface area contributed by atoms with E-state index in [2.05, 4.69) is 11.9 Å². The number of nitrogens with one attached hydrogen (secondary N) is 1. The normalized spacial score (nSPS) is 14.5. The van der Waals surface area contributed by atoms with Gasteiger partial charge in [0.25, 0.3) is 11.8 Å². The SMILES string of the molecule is C=CCc1cc(/C=C2/C(=O)NC(=S)N(c3ccc(F)cc3)C2=O)cc(OC)c1OCc1ccc(Cl)cc1. The maximum atomic E-state index is 13.4. The van der Waals surface area contributed by atoms with E-state index < -0.39 is 17.6 Å². The van der Waals surface area contributed by atoms with Crippen molar-refractivity contribution in [1.29, 1.82) is 0 Å². The van der Waals surface area contributed by atoms with Crippen molar-refractivity contribution in [3.8, 4) is 11.5 Å². The minimum absolute atomic E-state index is 0.0883. The summed E-state index contributed by atoms with van der Waals surface area (Å²) in [6.07, 6.45) is 3.62. The Bertz CT molecular complexity index is 1400. The summed E-state index contributed by atoms with van der Waals surface area (Å²) in [5.41, 5.74) is 2.41. The highest BCUT2D eigenvalue weighted by Crippen LogP contribution is 2.35. The van der Waals surface area contributed by atoms with Gasteiger partial charge in [-0.25, -0.2) is 4.39 Å². The maximum Gasteiger partial charge on any atom is 0.270 e. The fraction of sp³-hybridized carbons (Fsp3) is 0.107. The van der Waals surface area contributed by atoms with Gasteiger partial charge in [0, 0.05) is 10.6 Å². The zero-order chi connectivity index (χ0) is 26.5. The van der Waals surface area contributed by atoms with Gasteiger partial charge in [0.15, 0.2) is 16.6 Å². The van der Waals surface area contributed by atoms with E-state index in [4.69, 9.17) is 33.3 Å². The summed E-state index contributed by atoms with van der Waals surface area (Å²) in [6, 6.07) is 16.0. The van der Waals surface area contributed by atoms with E-state index in [9.17, 15) is 14.0 Å². The number of hydrogen-bond donors (Lipinski definition) is 1. The van der Waals surface area contributed by atoms with Crippen molar-refractivity contribution in [2.24, 2.45) is 0 Å². The zero-order valence-electron chi connectivity index (χ0n) is 19.8. The van der Waals surface area contributed by atoms with Crippen molar-refractivity contribution in [3.63, 3.8) is 0 Å². The van der Waals surface area contributed by atoms with Crippen molar-refractivity contribution >= 4 is 52.5 Å². The van der Waals surface area contributed by atoms with Crippen LogP contribution in [-0.4, -0.2) is 24.0 Å². The Morgan fingerprint density at radius 3 is 2.46 bits per heavy atom. The second-order valence-electron chi connectivity index (χ2n) is 8.05. The van der Waals surface area contributed by atoms with E-state index in [0.717, 1.165) is 16.0 Å². The number of allylic oxidation sites excluding steroid dienone is 1. The molecule has 0 radical (unpaired) electrons. The van der Waals surface area contributed by atoms with Gasteiger partial charge in [-0.3, -0.25) is 19.8 Å². The lowest BCUT2D eigenvalue weighted by atomic mass is 10.0. The third-order valence-corrected chi connectivity index (χ3v) is 6.07. The van der Waals surface area contributed by atoms with Gasteiger partial charge in [-0.05, 0) is 84.4 Å². The standard InChI is InChI=1S/C28H22ClFN2O4S/c1-3-4-19-13-18(15-24(35-2)25(19)36-16-17-5-7-20(29)8-6-17)14-23-26(33)31-28(37)32(27(23)34)22-11-9-21(30)10-12-22/h3,5-15H,1,4,16H2,2H3,(H,31,33,37)/b23-14-. The lowest BCUT2D eigenvalue weighted by Crippen LogP contribution is -2.54. The highest BCUT2D eigenvalue weighted by molar-refractivity contribution is 7.80.